The first-order chi connectivity index (χ1) is 13.0. The highest BCUT2D eigenvalue weighted by molar-refractivity contribution is 9.10. The maximum Gasteiger partial charge on any atom is 0.184 e. The van der Waals surface area contributed by atoms with E-state index in [0.29, 0.717) is 4.90 Å². The Morgan fingerprint density at radius 3 is 2.70 bits per heavy atom. The van der Waals surface area contributed by atoms with Gasteiger partial charge in [-0.2, -0.15) is 0 Å². The Morgan fingerprint density at radius 1 is 1.15 bits per heavy atom. The van der Waals surface area contributed by atoms with Gasteiger partial charge in [0.25, 0.3) is 0 Å². The second kappa shape index (κ2) is 8.16. The Bertz CT molecular complexity index is 797. The third-order valence-corrected chi connectivity index (χ3v) is 6.31. The third-order valence-electron chi connectivity index (χ3n) is 4.63. The lowest BCUT2D eigenvalue weighted by Gasteiger charge is -2.47. The van der Waals surface area contributed by atoms with Crippen LogP contribution in [-0.2, 0) is 14.2 Å². The van der Waals surface area contributed by atoms with Crippen LogP contribution in [0.3, 0.4) is 0 Å². The Balaban J connectivity index is 1.48. The van der Waals surface area contributed by atoms with Gasteiger partial charge in [0, 0.05) is 14.9 Å². The van der Waals surface area contributed by atoms with Crippen molar-refractivity contribution in [1.82, 2.24) is 0 Å². The number of nitrogens with two attached hydrogens (primary N) is 1. The molecule has 5 nitrogen and oxygen atoms in total. The van der Waals surface area contributed by atoms with Crippen molar-refractivity contribution in [2.75, 3.05) is 6.61 Å². The summed E-state index contributed by atoms with van der Waals surface area (Å²) in [6.07, 6.45) is -2.51. The molecule has 0 aliphatic carbocycles. The van der Waals surface area contributed by atoms with E-state index in [2.05, 4.69) is 15.9 Å². The fraction of sp³-hybridized carbons (Fsp3) is 0.368. The van der Waals surface area contributed by atoms with Crippen molar-refractivity contribution in [3.8, 4) is 0 Å². The van der Waals surface area contributed by atoms with Crippen LogP contribution in [0.5, 0.6) is 0 Å². The van der Waals surface area contributed by atoms with Crippen LogP contribution in [0.2, 0.25) is 0 Å². The van der Waals surface area contributed by atoms with Gasteiger partial charge >= 0.3 is 0 Å². The number of hydrogen-bond donors (Lipinski definition) is 2. The summed E-state index contributed by atoms with van der Waals surface area (Å²) >= 11 is 4.43. The minimum atomic E-state index is -1.01. The van der Waals surface area contributed by atoms with Crippen LogP contribution in [0.15, 0.2) is 57.9 Å². The van der Waals surface area contributed by atoms with Gasteiger partial charge in [0.2, 0.25) is 0 Å². The Hall–Kier alpha value is -1.00. The molecule has 2 aliphatic rings. The summed E-state index contributed by atoms with van der Waals surface area (Å²) < 4.78 is 32.5. The average Bonchev–Trinajstić information content (AvgIpc) is 2.69. The van der Waals surface area contributed by atoms with E-state index in [-0.39, 0.29) is 12.4 Å². The smallest absolute Gasteiger partial charge is 0.184 e. The van der Waals surface area contributed by atoms with Crippen LogP contribution in [0.1, 0.15) is 11.9 Å². The van der Waals surface area contributed by atoms with E-state index in [4.69, 9.17) is 19.9 Å². The predicted octanol–water partition coefficient (Wildman–Crippen LogP) is 3.21. The molecule has 0 saturated carbocycles. The van der Waals surface area contributed by atoms with E-state index in [1.807, 2.05) is 30.3 Å². The van der Waals surface area contributed by atoms with Gasteiger partial charge < -0.3 is 25.1 Å². The van der Waals surface area contributed by atoms with Gasteiger partial charge in [0.05, 0.1) is 12.6 Å². The molecule has 2 fully saturated rings. The van der Waals surface area contributed by atoms with E-state index in [1.165, 1.54) is 6.07 Å². The molecule has 144 valence electrons. The maximum atomic E-state index is 14.1. The number of thioether (sulfide) groups is 1. The summed E-state index contributed by atoms with van der Waals surface area (Å²) in [6.45, 7) is 0.280. The van der Waals surface area contributed by atoms with Crippen LogP contribution in [0.25, 0.3) is 0 Å². The molecule has 2 heterocycles. The number of ether oxygens (including phenoxy) is 3. The first-order valence-corrected chi connectivity index (χ1v) is 10.2. The van der Waals surface area contributed by atoms with Crippen molar-refractivity contribution in [2.45, 2.75) is 41.0 Å². The minimum Gasteiger partial charge on any atom is -0.388 e. The van der Waals surface area contributed by atoms with E-state index in [9.17, 15) is 9.50 Å². The summed E-state index contributed by atoms with van der Waals surface area (Å²) in [4.78, 5) is 0.374. The topological polar surface area (TPSA) is 73.9 Å². The minimum absolute atomic E-state index is 0.280. The lowest BCUT2D eigenvalue weighted by molar-refractivity contribution is -0.297. The van der Waals surface area contributed by atoms with Gasteiger partial charge in [-0.15, -0.1) is 0 Å². The van der Waals surface area contributed by atoms with E-state index in [0.717, 1.165) is 21.8 Å². The lowest BCUT2D eigenvalue weighted by atomic mass is 9.97. The molecule has 0 amide bonds. The summed E-state index contributed by atoms with van der Waals surface area (Å²) in [5.41, 5.74) is 6.42. The zero-order valence-corrected chi connectivity index (χ0v) is 16.6. The summed E-state index contributed by atoms with van der Waals surface area (Å²) in [5.74, 6) is -0.380. The molecule has 0 spiro atoms. The Morgan fingerprint density at radius 2 is 1.93 bits per heavy atom. The number of rotatable bonds is 3. The molecule has 3 N–H and O–H groups in total. The van der Waals surface area contributed by atoms with Crippen molar-refractivity contribution in [3.05, 3.63) is 64.4 Å². The third kappa shape index (κ3) is 4.07. The van der Waals surface area contributed by atoms with Crippen molar-refractivity contribution >= 4 is 27.7 Å². The fourth-order valence-electron chi connectivity index (χ4n) is 3.21. The van der Waals surface area contributed by atoms with Gasteiger partial charge in [-0.05, 0) is 18.2 Å². The average molecular weight is 456 g/mol. The van der Waals surface area contributed by atoms with Crippen LogP contribution in [0, 0.1) is 5.82 Å². The first-order valence-electron chi connectivity index (χ1n) is 8.56. The van der Waals surface area contributed by atoms with Crippen molar-refractivity contribution in [2.24, 2.45) is 5.73 Å². The van der Waals surface area contributed by atoms with Crippen LogP contribution in [-0.4, -0.2) is 41.5 Å². The molecule has 8 heteroatoms. The van der Waals surface area contributed by atoms with Gasteiger partial charge in [-0.3, -0.25) is 0 Å². The number of aliphatic hydroxyl groups excluding tert-OH is 1. The highest BCUT2D eigenvalue weighted by Gasteiger charge is 2.48. The number of hydrogen-bond acceptors (Lipinski definition) is 6. The lowest BCUT2D eigenvalue weighted by Crippen LogP contribution is -2.64. The second-order valence-electron chi connectivity index (χ2n) is 6.48. The fourth-order valence-corrected chi connectivity index (χ4v) is 4.86. The molecule has 2 aromatic carbocycles. The molecule has 27 heavy (non-hydrogen) atoms. The van der Waals surface area contributed by atoms with Crippen LogP contribution in [0.4, 0.5) is 4.39 Å². The van der Waals surface area contributed by atoms with E-state index in [1.54, 1.807) is 12.1 Å². The van der Waals surface area contributed by atoms with Crippen molar-refractivity contribution < 1.29 is 23.7 Å². The maximum absolute atomic E-state index is 14.1. The molecule has 0 bridgehead atoms. The Labute approximate surface area is 169 Å². The number of halogens is 2. The highest BCUT2D eigenvalue weighted by atomic mass is 79.9. The van der Waals surface area contributed by atoms with Gasteiger partial charge in [0.1, 0.15) is 29.6 Å². The monoisotopic (exact) mass is 455 g/mol. The molecule has 0 aromatic heterocycles. The van der Waals surface area contributed by atoms with Gasteiger partial charge in [0.15, 0.2) is 6.29 Å². The summed E-state index contributed by atoms with van der Waals surface area (Å²) in [7, 11) is 0. The summed E-state index contributed by atoms with van der Waals surface area (Å²) in [6, 6.07) is 13.5. The largest absolute Gasteiger partial charge is 0.388 e. The van der Waals surface area contributed by atoms with Gasteiger partial charge in [-0.1, -0.05) is 58.0 Å². The number of aliphatic hydroxyl groups is 1. The zero-order chi connectivity index (χ0) is 19.0. The molecule has 2 aliphatic heterocycles. The standard InChI is InChI=1S/C19H19BrFNO4S/c20-11-6-7-12(21)14(8-11)27-19-16(23)15(22)17-13(25-19)9-24-18(26-17)10-4-2-1-3-5-10/h1-8,13,15-19,23H,9,22H2. The summed E-state index contributed by atoms with van der Waals surface area (Å²) in [5, 5.41) is 10.6. The molecular formula is C19H19BrFNO4S. The van der Waals surface area contributed by atoms with Crippen molar-refractivity contribution in [1.29, 1.82) is 0 Å². The van der Waals surface area contributed by atoms with E-state index < -0.39 is 36.1 Å². The Kier molecular flexibility index (Phi) is 5.84. The normalized spacial score (nSPS) is 33.5. The van der Waals surface area contributed by atoms with Crippen LogP contribution < -0.4 is 5.73 Å². The molecule has 4 rings (SSSR count). The van der Waals surface area contributed by atoms with Crippen LogP contribution >= 0.6 is 27.7 Å². The number of benzene rings is 2. The van der Waals surface area contributed by atoms with E-state index >= 15 is 0 Å². The molecule has 2 aromatic rings. The molecule has 6 unspecified atom stereocenters. The molecule has 6 atom stereocenters. The highest BCUT2D eigenvalue weighted by Crippen LogP contribution is 2.39. The molecule has 0 radical (unpaired) electrons. The van der Waals surface area contributed by atoms with Crippen molar-refractivity contribution in [3.63, 3.8) is 0 Å². The SMILES string of the molecule is NC1C(O)C(Sc2cc(Br)ccc2F)OC2COC(c3ccccc3)OC21. The zero-order valence-electron chi connectivity index (χ0n) is 14.2. The second-order valence-corrected chi connectivity index (χ2v) is 8.54. The first kappa shape index (κ1) is 19.3. The predicted molar refractivity (Wildman–Crippen MR) is 103 cm³/mol. The molecular weight excluding hydrogens is 437 g/mol. The quantitative estimate of drug-likeness (QED) is 0.739. The van der Waals surface area contributed by atoms with Gasteiger partial charge in [-0.25, -0.2) is 4.39 Å². The molecule has 2 saturated heterocycles. The number of fused-ring (bicyclic) bond motifs is 1.